The number of aryl methyl sites for hydroxylation is 2. The Morgan fingerprint density at radius 2 is 1.95 bits per heavy atom. The number of oxime groups is 1. The second-order valence-corrected chi connectivity index (χ2v) is 4.69. The van der Waals surface area contributed by atoms with Gasteiger partial charge in [-0.2, -0.15) is 5.10 Å². The molecule has 1 heterocycles. The van der Waals surface area contributed by atoms with Crippen molar-refractivity contribution < 1.29 is 10.0 Å². The second kappa shape index (κ2) is 5.66. The maximum atomic E-state index is 12.3. The Morgan fingerprint density at radius 3 is 2.43 bits per heavy atom. The van der Waals surface area contributed by atoms with Crippen molar-refractivity contribution in [2.24, 2.45) is 17.9 Å². The van der Waals surface area contributed by atoms with Crippen LogP contribution in [0.1, 0.15) is 27.3 Å². The Hall–Kier alpha value is -2.83. The summed E-state index contributed by atoms with van der Waals surface area (Å²) in [6.07, 6.45) is 0. The van der Waals surface area contributed by atoms with Crippen LogP contribution < -0.4 is 11.1 Å². The number of rotatable bonds is 3. The van der Waals surface area contributed by atoms with E-state index in [1.54, 1.807) is 42.9 Å². The molecule has 7 heteroatoms. The fourth-order valence-corrected chi connectivity index (χ4v) is 2.08. The van der Waals surface area contributed by atoms with Crippen molar-refractivity contribution in [3.05, 3.63) is 46.8 Å². The van der Waals surface area contributed by atoms with Gasteiger partial charge in [0.25, 0.3) is 5.91 Å². The number of nitrogens with zero attached hydrogens (tertiary/aromatic N) is 3. The van der Waals surface area contributed by atoms with E-state index >= 15 is 0 Å². The van der Waals surface area contributed by atoms with Gasteiger partial charge >= 0.3 is 0 Å². The Kier molecular flexibility index (Phi) is 3.93. The van der Waals surface area contributed by atoms with E-state index in [2.05, 4.69) is 15.6 Å². The van der Waals surface area contributed by atoms with Crippen LogP contribution in [0.25, 0.3) is 0 Å². The lowest BCUT2D eigenvalue weighted by atomic mass is 10.1. The van der Waals surface area contributed by atoms with Crippen LogP contribution in [0.3, 0.4) is 0 Å². The van der Waals surface area contributed by atoms with Crippen LogP contribution in [0.15, 0.2) is 29.4 Å². The van der Waals surface area contributed by atoms with Gasteiger partial charge in [0, 0.05) is 24.0 Å². The summed E-state index contributed by atoms with van der Waals surface area (Å²) in [5, 5.41) is 18.5. The van der Waals surface area contributed by atoms with Gasteiger partial charge in [-0.05, 0) is 38.1 Å². The molecule has 0 unspecified atom stereocenters. The van der Waals surface area contributed by atoms with Crippen LogP contribution in [0.4, 0.5) is 5.69 Å². The molecule has 7 nitrogen and oxygen atoms in total. The van der Waals surface area contributed by atoms with Gasteiger partial charge in [0.05, 0.1) is 11.3 Å². The Bertz CT molecular complexity index is 701. The maximum absolute atomic E-state index is 12.3. The molecule has 0 saturated carbocycles. The zero-order chi connectivity index (χ0) is 15.6. The molecule has 2 rings (SSSR count). The van der Waals surface area contributed by atoms with E-state index in [0.29, 0.717) is 22.5 Å². The van der Waals surface area contributed by atoms with Crippen molar-refractivity contribution in [2.45, 2.75) is 13.8 Å². The van der Waals surface area contributed by atoms with Gasteiger partial charge in [-0.1, -0.05) is 5.16 Å². The molecular formula is C14H17N5O2. The molecule has 21 heavy (non-hydrogen) atoms. The third-order valence-electron chi connectivity index (χ3n) is 3.28. The quantitative estimate of drug-likeness (QED) is 0.343. The first kappa shape index (κ1) is 14.6. The molecule has 1 amide bonds. The summed E-state index contributed by atoms with van der Waals surface area (Å²) in [4.78, 5) is 12.3. The van der Waals surface area contributed by atoms with Crippen LogP contribution in [0, 0.1) is 13.8 Å². The Morgan fingerprint density at radius 1 is 1.33 bits per heavy atom. The number of hydrogen-bond donors (Lipinski definition) is 3. The number of amides is 1. The monoisotopic (exact) mass is 287 g/mol. The number of carbonyl (C=O) groups excluding carboxylic acids is 1. The Balaban J connectivity index is 2.20. The molecule has 0 aliphatic rings. The molecule has 4 N–H and O–H groups in total. The summed E-state index contributed by atoms with van der Waals surface area (Å²) >= 11 is 0. The lowest BCUT2D eigenvalue weighted by Crippen LogP contribution is -2.15. The van der Waals surface area contributed by atoms with Crippen molar-refractivity contribution >= 4 is 17.4 Å². The average molecular weight is 287 g/mol. The molecular weight excluding hydrogens is 270 g/mol. The van der Waals surface area contributed by atoms with Crippen LogP contribution in [-0.4, -0.2) is 26.7 Å². The number of hydrogen-bond acceptors (Lipinski definition) is 4. The van der Waals surface area contributed by atoms with Crippen LogP contribution in [0.5, 0.6) is 0 Å². The van der Waals surface area contributed by atoms with Crippen LogP contribution in [0.2, 0.25) is 0 Å². The van der Waals surface area contributed by atoms with Gasteiger partial charge in [-0.15, -0.1) is 0 Å². The molecule has 0 atom stereocenters. The van der Waals surface area contributed by atoms with Crippen LogP contribution in [-0.2, 0) is 7.05 Å². The minimum absolute atomic E-state index is 0.0202. The first-order valence-electron chi connectivity index (χ1n) is 6.33. The van der Waals surface area contributed by atoms with Gasteiger partial charge in [0.15, 0.2) is 5.84 Å². The van der Waals surface area contributed by atoms with Gasteiger partial charge < -0.3 is 16.3 Å². The van der Waals surface area contributed by atoms with E-state index in [-0.39, 0.29) is 11.7 Å². The smallest absolute Gasteiger partial charge is 0.259 e. The van der Waals surface area contributed by atoms with Crippen molar-refractivity contribution in [1.82, 2.24) is 9.78 Å². The molecule has 0 spiro atoms. The maximum Gasteiger partial charge on any atom is 0.259 e. The topological polar surface area (TPSA) is 106 Å². The van der Waals surface area contributed by atoms with E-state index < -0.39 is 0 Å². The Labute approximate surface area is 122 Å². The fraction of sp³-hybridized carbons (Fsp3) is 0.214. The molecule has 2 aromatic rings. The second-order valence-electron chi connectivity index (χ2n) is 4.69. The fourth-order valence-electron chi connectivity index (χ4n) is 2.08. The van der Waals surface area contributed by atoms with E-state index in [1.807, 2.05) is 6.92 Å². The van der Waals surface area contributed by atoms with Crippen LogP contribution >= 0.6 is 0 Å². The zero-order valence-electron chi connectivity index (χ0n) is 12.1. The minimum atomic E-state index is -0.213. The summed E-state index contributed by atoms with van der Waals surface area (Å²) in [6.45, 7) is 3.64. The minimum Gasteiger partial charge on any atom is -0.409 e. The van der Waals surface area contributed by atoms with Gasteiger partial charge in [-0.25, -0.2) is 0 Å². The number of amidine groups is 1. The molecule has 0 bridgehead atoms. The highest BCUT2D eigenvalue weighted by Crippen LogP contribution is 2.16. The van der Waals surface area contributed by atoms with Crippen molar-refractivity contribution in [2.75, 3.05) is 5.32 Å². The van der Waals surface area contributed by atoms with Gasteiger partial charge in [-0.3, -0.25) is 9.48 Å². The molecule has 0 radical (unpaired) electrons. The van der Waals surface area contributed by atoms with Gasteiger partial charge in [0.2, 0.25) is 0 Å². The number of nitrogens with one attached hydrogen (secondary N) is 1. The lowest BCUT2D eigenvalue weighted by Gasteiger charge is -2.06. The molecule has 110 valence electrons. The predicted molar refractivity (Wildman–Crippen MR) is 79.6 cm³/mol. The highest BCUT2D eigenvalue weighted by molar-refractivity contribution is 6.06. The summed E-state index contributed by atoms with van der Waals surface area (Å²) < 4.78 is 1.67. The predicted octanol–water partition coefficient (Wildman–Crippen LogP) is 1.38. The van der Waals surface area contributed by atoms with E-state index in [1.165, 1.54) is 0 Å². The van der Waals surface area contributed by atoms with E-state index in [9.17, 15) is 4.79 Å². The number of anilines is 1. The normalized spacial score (nSPS) is 11.5. The van der Waals surface area contributed by atoms with Crippen molar-refractivity contribution in [3.8, 4) is 0 Å². The standard InChI is InChI=1S/C14H17N5O2/c1-8-12(9(2)19(3)17-8)14(20)16-11-6-4-10(5-7-11)13(15)18-21/h4-7,21H,1-3H3,(H2,15,18)(H,16,20). The first-order valence-corrected chi connectivity index (χ1v) is 6.33. The van der Waals surface area contributed by atoms with Crippen molar-refractivity contribution in [1.29, 1.82) is 0 Å². The zero-order valence-corrected chi connectivity index (χ0v) is 12.1. The third kappa shape index (κ3) is 2.86. The molecule has 0 fully saturated rings. The van der Waals surface area contributed by atoms with E-state index in [4.69, 9.17) is 10.9 Å². The largest absolute Gasteiger partial charge is 0.409 e. The molecule has 0 saturated heterocycles. The number of aromatic nitrogens is 2. The summed E-state index contributed by atoms with van der Waals surface area (Å²) in [5.41, 5.74) is 8.73. The summed E-state index contributed by atoms with van der Waals surface area (Å²) in [6, 6.07) is 6.69. The molecule has 1 aromatic heterocycles. The number of nitrogens with two attached hydrogens (primary N) is 1. The molecule has 1 aromatic carbocycles. The average Bonchev–Trinajstić information content (AvgIpc) is 2.72. The first-order chi connectivity index (χ1) is 9.93. The lowest BCUT2D eigenvalue weighted by molar-refractivity contribution is 0.102. The molecule has 0 aliphatic carbocycles. The number of carbonyl (C=O) groups is 1. The number of benzene rings is 1. The highest BCUT2D eigenvalue weighted by atomic mass is 16.4. The van der Waals surface area contributed by atoms with E-state index in [0.717, 1.165) is 5.69 Å². The SMILES string of the molecule is Cc1nn(C)c(C)c1C(=O)Nc1ccc(/C(N)=N/O)cc1. The summed E-state index contributed by atoms with van der Waals surface area (Å²) in [5.74, 6) is -0.193. The van der Waals surface area contributed by atoms with Crippen molar-refractivity contribution in [3.63, 3.8) is 0 Å². The highest BCUT2D eigenvalue weighted by Gasteiger charge is 2.17. The molecule has 0 aliphatic heterocycles. The van der Waals surface area contributed by atoms with Gasteiger partial charge in [0.1, 0.15) is 0 Å². The summed E-state index contributed by atoms with van der Waals surface area (Å²) in [7, 11) is 1.80. The third-order valence-corrected chi connectivity index (χ3v) is 3.28.